The molecule has 0 bridgehead atoms. The molecule has 0 spiro atoms. The van der Waals surface area contributed by atoms with Gasteiger partial charge in [0.1, 0.15) is 5.25 Å². The Morgan fingerprint density at radius 1 is 1.00 bits per heavy atom. The van der Waals surface area contributed by atoms with Crippen molar-refractivity contribution in [3.8, 4) is 0 Å². The number of hydrogen-bond donors (Lipinski definition) is 0. The smallest absolute Gasteiger partial charge is 0.453 e. The largest absolute Gasteiger partial charge is 0.465 e. The third kappa shape index (κ3) is 9.69. The molecule has 0 saturated heterocycles. The molecule has 0 aromatic carbocycles. The summed E-state index contributed by atoms with van der Waals surface area (Å²) < 4.78 is 67.1. The summed E-state index contributed by atoms with van der Waals surface area (Å²) in [4.78, 5) is 12.0. The second-order valence-electron chi connectivity index (χ2n) is 5.68. The lowest BCUT2D eigenvalue weighted by Crippen LogP contribution is -2.36. The number of rotatable bonds is 13. The first-order valence-electron chi connectivity index (χ1n) is 8.38. The van der Waals surface area contributed by atoms with Gasteiger partial charge in [0.05, 0.1) is 6.61 Å². The summed E-state index contributed by atoms with van der Waals surface area (Å²) in [6, 6.07) is 0. The highest BCUT2D eigenvalue weighted by Crippen LogP contribution is 2.39. The Labute approximate surface area is 144 Å². The van der Waals surface area contributed by atoms with E-state index in [4.69, 9.17) is 4.74 Å². The number of esters is 1. The van der Waals surface area contributed by atoms with Gasteiger partial charge in [-0.25, -0.2) is 0 Å². The molecule has 0 radical (unpaired) electrons. The van der Waals surface area contributed by atoms with E-state index in [1.165, 1.54) is 0 Å². The van der Waals surface area contributed by atoms with Crippen LogP contribution in [-0.4, -0.2) is 35.7 Å². The van der Waals surface area contributed by atoms with E-state index in [9.17, 15) is 26.7 Å². The Morgan fingerprint density at radius 3 is 2.17 bits per heavy atom. The third-order valence-corrected chi connectivity index (χ3v) is 4.80. The second kappa shape index (κ2) is 11.9. The van der Waals surface area contributed by atoms with Gasteiger partial charge >= 0.3 is 18.1 Å². The van der Waals surface area contributed by atoms with Crippen LogP contribution in [0.15, 0.2) is 0 Å². The van der Waals surface area contributed by atoms with E-state index < -0.39 is 29.7 Å². The summed E-state index contributed by atoms with van der Waals surface area (Å²) >= 11 is 1.11. The van der Waals surface area contributed by atoms with Crippen LogP contribution in [0.4, 0.5) is 22.0 Å². The first-order valence-corrected chi connectivity index (χ1v) is 9.43. The summed E-state index contributed by atoms with van der Waals surface area (Å²) in [5.41, 5.74) is 0. The minimum Gasteiger partial charge on any atom is -0.465 e. The number of halogens is 5. The zero-order chi connectivity index (χ0) is 18.6. The molecule has 2 nitrogen and oxygen atoms in total. The lowest BCUT2D eigenvalue weighted by atomic mass is 10.1. The molecule has 8 heteroatoms. The van der Waals surface area contributed by atoms with E-state index in [-0.39, 0.29) is 12.2 Å². The zero-order valence-electron chi connectivity index (χ0n) is 14.3. The molecule has 0 aliphatic rings. The maximum absolute atomic E-state index is 12.8. The van der Waals surface area contributed by atoms with Crippen LogP contribution in [0.5, 0.6) is 0 Å². The minimum atomic E-state index is -5.52. The molecule has 1 atom stereocenters. The number of thioether (sulfide) groups is 1. The van der Waals surface area contributed by atoms with E-state index in [2.05, 4.69) is 0 Å². The van der Waals surface area contributed by atoms with Crippen molar-refractivity contribution in [1.29, 1.82) is 0 Å². The first kappa shape index (κ1) is 23.5. The molecule has 0 rings (SSSR count). The van der Waals surface area contributed by atoms with Gasteiger partial charge in [0.25, 0.3) is 0 Å². The average molecular weight is 378 g/mol. The molecule has 0 fully saturated rings. The molecular formula is C16H27F5O2S. The second-order valence-corrected chi connectivity index (χ2v) is 6.99. The SMILES string of the molecule is CCCCCC(SCCCC(F)(F)C(F)(F)F)C(=O)OCCCC. The lowest BCUT2D eigenvalue weighted by Gasteiger charge is -2.20. The minimum absolute atomic E-state index is 0.0747. The van der Waals surface area contributed by atoms with E-state index in [0.29, 0.717) is 13.0 Å². The molecule has 0 aliphatic carbocycles. The van der Waals surface area contributed by atoms with Crippen LogP contribution in [0.3, 0.4) is 0 Å². The Balaban J connectivity index is 4.31. The lowest BCUT2D eigenvalue weighted by molar-refractivity contribution is -0.284. The molecule has 24 heavy (non-hydrogen) atoms. The number of hydrogen-bond acceptors (Lipinski definition) is 3. The van der Waals surface area contributed by atoms with E-state index >= 15 is 0 Å². The highest BCUT2D eigenvalue weighted by Gasteiger charge is 2.56. The number of carbonyl (C=O) groups is 1. The summed E-state index contributed by atoms with van der Waals surface area (Å²) in [6.45, 7) is 4.29. The van der Waals surface area contributed by atoms with Crippen LogP contribution >= 0.6 is 11.8 Å². The molecule has 0 N–H and O–H groups in total. The fraction of sp³-hybridized carbons (Fsp3) is 0.938. The Morgan fingerprint density at radius 2 is 1.62 bits per heavy atom. The zero-order valence-corrected chi connectivity index (χ0v) is 15.1. The summed E-state index contributed by atoms with van der Waals surface area (Å²) in [5, 5.41) is -0.493. The highest BCUT2D eigenvalue weighted by molar-refractivity contribution is 8.00. The van der Waals surface area contributed by atoms with Crippen molar-refractivity contribution in [3.63, 3.8) is 0 Å². The van der Waals surface area contributed by atoms with Gasteiger partial charge in [-0.15, -0.1) is 11.8 Å². The van der Waals surface area contributed by atoms with Crippen LogP contribution in [0.2, 0.25) is 0 Å². The predicted octanol–water partition coefficient (Wildman–Crippen LogP) is 5.99. The van der Waals surface area contributed by atoms with Crippen molar-refractivity contribution in [1.82, 2.24) is 0 Å². The predicted molar refractivity (Wildman–Crippen MR) is 86.5 cm³/mol. The van der Waals surface area contributed by atoms with Crippen molar-refractivity contribution in [2.45, 2.75) is 82.6 Å². The van der Waals surface area contributed by atoms with Gasteiger partial charge in [0.15, 0.2) is 0 Å². The molecule has 1 unspecified atom stereocenters. The molecule has 0 aromatic heterocycles. The standard InChI is InChI=1S/C16H27F5O2S/c1-3-5-7-9-13(14(22)23-11-6-4-2)24-12-8-10-15(17,18)16(19,20)21/h13H,3-12H2,1-2H3. The monoisotopic (exact) mass is 378 g/mol. The number of carbonyl (C=O) groups excluding carboxylic acids is 1. The Kier molecular flexibility index (Phi) is 11.7. The van der Waals surface area contributed by atoms with E-state index in [1.54, 1.807) is 0 Å². The molecule has 0 saturated carbocycles. The van der Waals surface area contributed by atoms with Gasteiger partial charge in [0.2, 0.25) is 0 Å². The van der Waals surface area contributed by atoms with Crippen molar-refractivity contribution < 1.29 is 31.5 Å². The molecular weight excluding hydrogens is 351 g/mol. The number of ether oxygens (including phenoxy) is 1. The number of alkyl halides is 5. The maximum Gasteiger partial charge on any atom is 0.453 e. The topological polar surface area (TPSA) is 26.3 Å². The highest BCUT2D eigenvalue weighted by atomic mass is 32.2. The normalized spacial score (nSPS) is 13.8. The number of unbranched alkanes of at least 4 members (excludes halogenated alkanes) is 3. The van der Waals surface area contributed by atoms with Gasteiger partial charge in [-0.2, -0.15) is 22.0 Å². The van der Waals surface area contributed by atoms with Crippen LogP contribution in [0.25, 0.3) is 0 Å². The maximum atomic E-state index is 12.8. The molecule has 0 amide bonds. The van der Waals surface area contributed by atoms with Gasteiger partial charge in [-0.1, -0.05) is 39.5 Å². The first-order chi connectivity index (χ1) is 11.2. The molecule has 0 aliphatic heterocycles. The van der Waals surface area contributed by atoms with Gasteiger partial charge < -0.3 is 4.74 Å². The fourth-order valence-electron chi connectivity index (χ4n) is 1.92. The summed E-state index contributed by atoms with van der Waals surface area (Å²) in [5.74, 6) is -5.00. The van der Waals surface area contributed by atoms with Crippen molar-refractivity contribution in [2.24, 2.45) is 0 Å². The average Bonchev–Trinajstić information content (AvgIpc) is 2.48. The molecule has 0 heterocycles. The van der Waals surface area contributed by atoms with Crippen molar-refractivity contribution in [3.05, 3.63) is 0 Å². The van der Waals surface area contributed by atoms with Crippen LogP contribution in [0, 0.1) is 0 Å². The van der Waals surface area contributed by atoms with Gasteiger partial charge in [-0.05, 0) is 25.0 Å². The molecule has 144 valence electrons. The summed E-state index contributed by atoms with van der Waals surface area (Å²) in [7, 11) is 0. The Bertz CT molecular complexity index is 348. The van der Waals surface area contributed by atoms with Gasteiger partial charge in [0, 0.05) is 6.42 Å². The fourth-order valence-corrected chi connectivity index (χ4v) is 3.05. The summed E-state index contributed by atoms with van der Waals surface area (Å²) in [6.07, 6.45) is -2.18. The van der Waals surface area contributed by atoms with E-state index in [1.807, 2.05) is 13.8 Å². The van der Waals surface area contributed by atoms with Crippen LogP contribution < -0.4 is 0 Å². The van der Waals surface area contributed by atoms with Crippen molar-refractivity contribution >= 4 is 17.7 Å². The quantitative estimate of drug-likeness (QED) is 0.224. The molecule has 0 aromatic rings. The van der Waals surface area contributed by atoms with Crippen LogP contribution in [-0.2, 0) is 9.53 Å². The van der Waals surface area contributed by atoms with E-state index in [0.717, 1.165) is 43.9 Å². The Hall–Kier alpha value is -0.530. The van der Waals surface area contributed by atoms with Gasteiger partial charge in [-0.3, -0.25) is 4.79 Å². The van der Waals surface area contributed by atoms with Crippen LogP contribution in [0.1, 0.15) is 65.2 Å². The third-order valence-electron chi connectivity index (χ3n) is 3.44. The van der Waals surface area contributed by atoms with Crippen molar-refractivity contribution in [2.75, 3.05) is 12.4 Å².